The molecule has 0 aliphatic carbocycles. The van der Waals surface area contributed by atoms with E-state index in [4.69, 9.17) is 4.74 Å². The molecule has 0 bridgehead atoms. The number of hydrogen-bond donors (Lipinski definition) is 1. The second kappa shape index (κ2) is 6.75. The number of ether oxygens (including phenoxy) is 1. The molecule has 1 aromatic heterocycles. The molecular weight excluding hydrogens is 309 g/mol. The summed E-state index contributed by atoms with van der Waals surface area (Å²) in [5.41, 5.74) is -0.621. The molecule has 3 heterocycles. The normalized spacial score (nSPS) is 29.8. The highest BCUT2D eigenvalue weighted by Gasteiger charge is 2.39. The van der Waals surface area contributed by atoms with E-state index >= 15 is 0 Å². The van der Waals surface area contributed by atoms with Gasteiger partial charge in [-0.1, -0.05) is 0 Å². The van der Waals surface area contributed by atoms with Crippen LogP contribution in [0.4, 0.5) is 13.2 Å². The summed E-state index contributed by atoms with van der Waals surface area (Å²) in [6.45, 7) is 1.89. The Labute approximate surface area is 133 Å². The molecule has 128 valence electrons. The van der Waals surface area contributed by atoms with Crippen LogP contribution in [0, 0.1) is 5.92 Å². The molecule has 2 aliphatic heterocycles. The van der Waals surface area contributed by atoms with Gasteiger partial charge in [0.25, 0.3) is 0 Å². The van der Waals surface area contributed by atoms with Gasteiger partial charge in [-0.25, -0.2) is 0 Å². The average molecular weight is 330 g/mol. The van der Waals surface area contributed by atoms with Gasteiger partial charge in [0.15, 0.2) is 0 Å². The first kappa shape index (κ1) is 16.7. The van der Waals surface area contributed by atoms with Crippen LogP contribution < -0.4 is 0 Å². The molecule has 3 rings (SSSR count). The van der Waals surface area contributed by atoms with Crippen LogP contribution in [0.5, 0.6) is 0 Å². The van der Waals surface area contributed by atoms with Gasteiger partial charge in [-0.15, -0.1) is 0 Å². The van der Waals surface area contributed by atoms with E-state index in [1.165, 1.54) is 12.3 Å². The SMILES string of the molecule is O[C@@H]1CCOC[C@H]1[C@@H]1CCCN1Cc1ncccc1C(F)(F)F. The number of aliphatic hydroxyl groups excluding tert-OH is 1. The Bertz CT molecular complexity index is 538. The number of hydrogen-bond acceptors (Lipinski definition) is 4. The molecule has 0 spiro atoms. The van der Waals surface area contributed by atoms with Crippen LogP contribution >= 0.6 is 0 Å². The monoisotopic (exact) mass is 330 g/mol. The molecule has 4 nitrogen and oxygen atoms in total. The van der Waals surface area contributed by atoms with Gasteiger partial charge in [0, 0.05) is 31.3 Å². The van der Waals surface area contributed by atoms with E-state index in [1.807, 2.05) is 4.90 Å². The van der Waals surface area contributed by atoms with Crippen molar-refractivity contribution in [2.75, 3.05) is 19.8 Å². The summed E-state index contributed by atoms with van der Waals surface area (Å²) >= 11 is 0. The lowest BCUT2D eigenvalue weighted by molar-refractivity contribution is -0.139. The number of aliphatic hydroxyl groups is 1. The predicted octanol–water partition coefficient (Wildman–Crippen LogP) is 2.46. The molecule has 0 aromatic carbocycles. The maximum absolute atomic E-state index is 13.1. The van der Waals surface area contributed by atoms with Crippen molar-refractivity contribution in [1.29, 1.82) is 0 Å². The summed E-state index contributed by atoms with van der Waals surface area (Å²) in [6.07, 6.45) is -1.06. The lowest BCUT2D eigenvalue weighted by Crippen LogP contribution is -2.46. The van der Waals surface area contributed by atoms with E-state index in [9.17, 15) is 18.3 Å². The summed E-state index contributed by atoms with van der Waals surface area (Å²) in [6, 6.07) is 2.44. The van der Waals surface area contributed by atoms with Gasteiger partial charge in [-0.05, 0) is 37.9 Å². The fourth-order valence-electron chi connectivity index (χ4n) is 3.66. The maximum Gasteiger partial charge on any atom is 0.418 e. The van der Waals surface area contributed by atoms with Crippen LogP contribution in [-0.2, 0) is 17.5 Å². The van der Waals surface area contributed by atoms with Crippen LogP contribution in [0.2, 0.25) is 0 Å². The molecule has 0 amide bonds. The third-order valence-electron chi connectivity index (χ3n) is 4.82. The van der Waals surface area contributed by atoms with Crippen LogP contribution in [0.3, 0.4) is 0 Å². The average Bonchev–Trinajstić information content (AvgIpc) is 2.95. The van der Waals surface area contributed by atoms with Crippen LogP contribution in [-0.4, -0.2) is 46.9 Å². The molecule has 1 aromatic rings. The molecule has 2 saturated heterocycles. The topological polar surface area (TPSA) is 45.6 Å². The van der Waals surface area contributed by atoms with Crippen molar-refractivity contribution in [3.8, 4) is 0 Å². The predicted molar refractivity (Wildman–Crippen MR) is 77.6 cm³/mol. The van der Waals surface area contributed by atoms with Crippen molar-refractivity contribution in [2.45, 2.75) is 44.1 Å². The first-order valence-corrected chi connectivity index (χ1v) is 7.98. The summed E-state index contributed by atoms with van der Waals surface area (Å²) in [7, 11) is 0. The van der Waals surface area contributed by atoms with Gasteiger partial charge in [-0.3, -0.25) is 9.88 Å². The molecule has 2 fully saturated rings. The molecule has 0 saturated carbocycles. The number of likely N-dealkylation sites (tertiary alicyclic amines) is 1. The minimum Gasteiger partial charge on any atom is -0.393 e. The van der Waals surface area contributed by atoms with Crippen molar-refractivity contribution < 1.29 is 23.0 Å². The Morgan fingerprint density at radius 1 is 1.35 bits per heavy atom. The minimum atomic E-state index is -4.40. The summed E-state index contributed by atoms with van der Waals surface area (Å²) in [4.78, 5) is 5.97. The lowest BCUT2D eigenvalue weighted by Gasteiger charge is -2.37. The standard InChI is InChI=1S/C16H21F3N2O2/c17-16(18,19)12-3-1-6-20-13(12)9-21-7-2-4-14(21)11-10-23-8-5-15(11)22/h1,3,6,11,14-15,22H,2,4-5,7-10H2/t11-,14-,15+/m0/s1. The Morgan fingerprint density at radius 3 is 2.91 bits per heavy atom. The molecule has 0 unspecified atom stereocenters. The molecule has 3 atom stereocenters. The molecule has 7 heteroatoms. The zero-order chi connectivity index (χ0) is 16.4. The highest BCUT2D eigenvalue weighted by atomic mass is 19.4. The van der Waals surface area contributed by atoms with E-state index in [0.717, 1.165) is 25.5 Å². The smallest absolute Gasteiger partial charge is 0.393 e. The Hall–Kier alpha value is -1.18. The van der Waals surface area contributed by atoms with Crippen molar-refractivity contribution in [1.82, 2.24) is 9.88 Å². The number of pyridine rings is 1. The van der Waals surface area contributed by atoms with Gasteiger partial charge in [-0.2, -0.15) is 13.2 Å². The number of rotatable bonds is 3. The van der Waals surface area contributed by atoms with Gasteiger partial charge < -0.3 is 9.84 Å². The Morgan fingerprint density at radius 2 is 2.17 bits per heavy atom. The van der Waals surface area contributed by atoms with Crippen molar-refractivity contribution in [2.24, 2.45) is 5.92 Å². The molecule has 2 aliphatic rings. The Kier molecular flexibility index (Phi) is 4.89. The van der Waals surface area contributed by atoms with Crippen molar-refractivity contribution in [3.05, 3.63) is 29.6 Å². The van der Waals surface area contributed by atoms with Gasteiger partial charge in [0.2, 0.25) is 0 Å². The van der Waals surface area contributed by atoms with Gasteiger partial charge >= 0.3 is 6.18 Å². The van der Waals surface area contributed by atoms with E-state index in [-0.39, 0.29) is 24.2 Å². The van der Waals surface area contributed by atoms with E-state index < -0.39 is 17.8 Å². The molecule has 0 radical (unpaired) electrons. The largest absolute Gasteiger partial charge is 0.418 e. The number of halogens is 3. The number of aromatic nitrogens is 1. The van der Waals surface area contributed by atoms with E-state index in [0.29, 0.717) is 19.6 Å². The van der Waals surface area contributed by atoms with Crippen LogP contribution in [0.1, 0.15) is 30.5 Å². The first-order valence-electron chi connectivity index (χ1n) is 7.98. The van der Waals surface area contributed by atoms with Crippen LogP contribution in [0.15, 0.2) is 18.3 Å². The maximum atomic E-state index is 13.1. The summed E-state index contributed by atoms with van der Waals surface area (Å²) < 4.78 is 44.8. The van der Waals surface area contributed by atoms with Crippen molar-refractivity contribution >= 4 is 0 Å². The fourth-order valence-corrected chi connectivity index (χ4v) is 3.66. The van der Waals surface area contributed by atoms with E-state index in [1.54, 1.807) is 0 Å². The molecular formula is C16H21F3N2O2. The number of alkyl halides is 3. The highest BCUT2D eigenvalue weighted by Crippen LogP contribution is 2.34. The first-order chi connectivity index (χ1) is 11.0. The number of nitrogens with zero attached hydrogens (tertiary/aromatic N) is 2. The molecule has 1 N–H and O–H groups in total. The van der Waals surface area contributed by atoms with Crippen LogP contribution in [0.25, 0.3) is 0 Å². The Balaban J connectivity index is 1.77. The molecule has 23 heavy (non-hydrogen) atoms. The second-order valence-electron chi connectivity index (χ2n) is 6.27. The van der Waals surface area contributed by atoms with Gasteiger partial charge in [0.1, 0.15) is 0 Å². The third kappa shape index (κ3) is 3.67. The third-order valence-corrected chi connectivity index (χ3v) is 4.82. The summed E-state index contributed by atoms with van der Waals surface area (Å²) in [5.74, 6) is -0.0377. The van der Waals surface area contributed by atoms with Gasteiger partial charge in [0.05, 0.1) is 24.0 Å². The lowest BCUT2D eigenvalue weighted by atomic mass is 9.89. The fraction of sp³-hybridized carbons (Fsp3) is 0.688. The zero-order valence-electron chi connectivity index (χ0n) is 12.8. The van der Waals surface area contributed by atoms with E-state index in [2.05, 4.69) is 4.98 Å². The second-order valence-corrected chi connectivity index (χ2v) is 6.27. The zero-order valence-corrected chi connectivity index (χ0v) is 12.8. The highest BCUT2D eigenvalue weighted by molar-refractivity contribution is 5.23. The van der Waals surface area contributed by atoms with Crippen molar-refractivity contribution in [3.63, 3.8) is 0 Å². The summed E-state index contributed by atoms with van der Waals surface area (Å²) in [5, 5.41) is 10.2. The quantitative estimate of drug-likeness (QED) is 0.925. The minimum absolute atomic E-state index is 0.0377.